The van der Waals surface area contributed by atoms with Crippen molar-refractivity contribution >= 4 is 35.6 Å². The maximum atomic E-state index is 14.6. The Bertz CT molecular complexity index is 797. The molecule has 1 aliphatic heterocycles. The van der Waals surface area contributed by atoms with Crippen molar-refractivity contribution in [1.82, 2.24) is 10.6 Å². The van der Waals surface area contributed by atoms with Crippen LogP contribution in [0.1, 0.15) is 30.9 Å². The molecular formula is C23H32FIN4O. The minimum absolute atomic E-state index is 0. The Morgan fingerprint density at radius 3 is 2.53 bits per heavy atom. The van der Waals surface area contributed by atoms with Gasteiger partial charge in [-0.05, 0) is 36.1 Å². The largest absolute Gasteiger partial charge is 0.378 e. The number of hydrogen-bond acceptors (Lipinski definition) is 3. The van der Waals surface area contributed by atoms with Gasteiger partial charge in [-0.1, -0.05) is 43.3 Å². The molecule has 1 unspecified atom stereocenters. The highest BCUT2D eigenvalue weighted by Crippen LogP contribution is 2.22. The van der Waals surface area contributed by atoms with Crippen LogP contribution in [0.25, 0.3) is 0 Å². The van der Waals surface area contributed by atoms with E-state index in [2.05, 4.69) is 46.8 Å². The zero-order valence-electron chi connectivity index (χ0n) is 17.7. The third kappa shape index (κ3) is 7.12. The molecule has 0 saturated carbocycles. The molecule has 1 aliphatic rings. The summed E-state index contributed by atoms with van der Waals surface area (Å²) in [7, 11) is 0. The first-order valence-corrected chi connectivity index (χ1v) is 10.4. The molecule has 1 fully saturated rings. The molecule has 2 aromatic carbocycles. The van der Waals surface area contributed by atoms with Crippen LogP contribution in [0.5, 0.6) is 0 Å². The van der Waals surface area contributed by atoms with Crippen molar-refractivity contribution in [2.75, 3.05) is 44.3 Å². The van der Waals surface area contributed by atoms with Gasteiger partial charge in [0, 0.05) is 26.2 Å². The van der Waals surface area contributed by atoms with Crippen molar-refractivity contribution in [2.45, 2.75) is 26.3 Å². The van der Waals surface area contributed by atoms with Crippen LogP contribution in [-0.2, 0) is 11.3 Å². The first-order valence-electron chi connectivity index (χ1n) is 10.4. The first-order chi connectivity index (χ1) is 14.2. The molecule has 2 aromatic rings. The molecule has 2 N–H and O–H groups in total. The van der Waals surface area contributed by atoms with Gasteiger partial charge in [-0.25, -0.2) is 9.38 Å². The molecule has 1 atom stereocenters. The summed E-state index contributed by atoms with van der Waals surface area (Å²) < 4.78 is 19.9. The van der Waals surface area contributed by atoms with Crippen LogP contribution in [0.2, 0.25) is 0 Å². The molecule has 30 heavy (non-hydrogen) atoms. The molecule has 7 heteroatoms. The number of ether oxygens (including phenoxy) is 1. The lowest BCUT2D eigenvalue weighted by Gasteiger charge is -2.29. The average Bonchev–Trinajstić information content (AvgIpc) is 2.76. The van der Waals surface area contributed by atoms with Crippen molar-refractivity contribution in [3.63, 3.8) is 0 Å². The van der Waals surface area contributed by atoms with Crippen LogP contribution in [0.4, 0.5) is 10.1 Å². The second-order valence-corrected chi connectivity index (χ2v) is 7.27. The van der Waals surface area contributed by atoms with Gasteiger partial charge in [0.2, 0.25) is 0 Å². The van der Waals surface area contributed by atoms with E-state index in [-0.39, 0.29) is 29.8 Å². The van der Waals surface area contributed by atoms with Crippen LogP contribution in [-0.4, -0.2) is 45.4 Å². The van der Waals surface area contributed by atoms with E-state index in [9.17, 15) is 4.39 Å². The van der Waals surface area contributed by atoms with Gasteiger partial charge < -0.3 is 20.3 Å². The quantitative estimate of drug-likeness (QED) is 0.324. The van der Waals surface area contributed by atoms with E-state index in [1.54, 1.807) is 6.07 Å². The average molecular weight is 526 g/mol. The van der Waals surface area contributed by atoms with Crippen LogP contribution < -0.4 is 15.5 Å². The van der Waals surface area contributed by atoms with E-state index in [0.29, 0.717) is 31.4 Å². The highest BCUT2D eigenvalue weighted by Gasteiger charge is 2.15. The Kier molecular flexibility index (Phi) is 10.4. The Labute approximate surface area is 196 Å². The monoisotopic (exact) mass is 526 g/mol. The molecule has 1 saturated heterocycles. The molecule has 0 aromatic heterocycles. The van der Waals surface area contributed by atoms with E-state index < -0.39 is 0 Å². The van der Waals surface area contributed by atoms with E-state index >= 15 is 0 Å². The van der Waals surface area contributed by atoms with Crippen molar-refractivity contribution < 1.29 is 9.13 Å². The van der Waals surface area contributed by atoms with Gasteiger partial charge in [0.25, 0.3) is 0 Å². The first kappa shape index (κ1) is 24.4. The molecule has 0 amide bonds. The van der Waals surface area contributed by atoms with E-state index in [4.69, 9.17) is 4.74 Å². The lowest BCUT2D eigenvalue weighted by Crippen LogP contribution is -2.39. The number of aliphatic imine (C=N–C) groups is 1. The number of rotatable bonds is 7. The predicted molar refractivity (Wildman–Crippen MR) is 133 cm³/mol. The molecule has 0 bridgehead atoms. The van der Waals surface area contributed by atoms with Gasteiger partial charge in [-0.15, -0.1) is 24.0 Å². The van der Waals surface area contributed by atoms with Crippen LogP contribution in [0.3, 0.4) is 0 Å². The van der Waals surface area contributed by atoms with E-state index in [1.165, 1.54) is 5.56 Å². The Morgan fingerprint density at radius 1 is 1.13 bits per heavy atom. The number of halogens is 2. The number of hydrogen-bond donors (Lipinski definition) is 2. The number of benzene rings is 2. The summed E-state index contributed by atoms with van der Waals surface area (Å²) in [5.41, 5.74) is 2.78. The molecule has 0 radical (unpaired) electrons. The SMILES string of the molecule is CCNC(=NCc1ccc(N2CCOCC2)c(F)c1)NCC(C)c1ccccc1.I. The second kappa shape index (κ2) is 12.7. The summed E-state index contributed by atoms with van der Waals surface area (Å²) in [6.07, 6.45) is 0. The number of nitrogens with one attached hydrogen (secondary N) is 2. The third-order valence-corrected chi connectivity index (χ3v) is 5.07. The van der Waals surface area contributed by atoms with Crippen LogP contribution >= 0.6 is 24.0 Å². The molecule has 164 valence electrons. The van der Waals surface area contributed by atoms with Gasteiger partial charge >= 0.3 is 0 Å². The molecular weight excluding hydrogens is 494 g/mol. The smallest absolute Gasteiger partial charge is 0.191 e. The van der Waals surface area contributed by atoms with E-state index in [0.717, 1.165) is 37.7 Å². The topological polar surface area (TPSA) is 48.9 Å². The van der Waals surface area contributed by atoms with Gasteiger partial charge in [0.15, 0.2) is 5.96 Å². The predicted octanol–water partition coefficient (Wildman–Crippen LogP) is 4.14. The summed E-state index contributed by atoms with van der Waals surface area (Å²) in [5.74, 6) is 0.911. The standard InChI is InChI=1S/C23H31FN4O.HI/c1-3-25-23(26-16-18(2)20-7-5-4-6-8-20)27-17-19-9-10-22(21(24)15-19)28-11-13-29-14-12-28;/h4-10,15,18H,3,11-14,16-17H2,1-2H3,(H2,25,26,27);1H. The lowest BCUT2D eigenvalue weighted by atomic mass is 10.0. The van der Waals surface area contributed by atoms with Gasteiger partial charge in [-0.2, -0.15) is 0 Å². The summed E-state index contributed by atoms with van der Waals surface area (Å²) in [6.45, 7) is 8.94. The number of anilines is 1. The Balaban J connectivity index is 0.00000320. The summed E-state index contributed by atoms with van der Waals surface area (Å²) in [4.78, 5) is 6.66. The van der Waals surface area contributed by atoms with Gasteiger partial charge in [-0.3, -0.25) is 0 Å². The number of morpholine rings is 1. The minimum Gasteiger partial charge on any atom is -0.378 e. The maximum Gasteiger partial charge on any atom is 0.191 e. The Hall–Kier alpha value is -1.87. The third-order valence-electron chi connectivity index (χ3n) is 5.07. The number of nitrogens with zero attached hydrogens (tertiary/aromatic N) is 2. The highest BCUT2D eigenvalue weighted by molar-refractivity contribution is 14.0. The van der Waals surface area contributed by atoms with Crippen molar-refractivity contribution in [3.8, 4) is 0 Å². The van der Waals surface area contributed by atoms with Crippen LogP contribution in [0, 0.1) is 5.82 Å². The summed E-state index contributed by atoms with van der Waals surface area (Å²) in [5, 5.41) is 6.65. The zero-order valence-corrected chi connectivity index (χ0v) is 20.1. The molecule has 3 rings (SSSR count). The second-order valence-electron chi connectivity index (χ2n) is 7.27. The molecule has 0 aliphatic carbocycles. The zero-order chi connectivity index (χ0) is 20.5. The van der Waals surface area contributed by atoms with Gasteiger partial charge in [0.05, 0.1) is 25.4 Å². The normalized spacial score (nSPS) is 15.3. The fraction of sp³-hybridized carbons (Fsp3) is 0.435. The van der Waals surface area contributed by atoms with Crippen molar-refractivity contribution in [3.05, 3.63) is 65.5 Å². The number of guanidine groups is 1. The van der Waals surface area contributed by atoms with Crippen molar-refractivity contribution in [1.29, 1.82) is 0 Å². The highest BCUT2D eigenvalue weighted by atomic mass is 127. The molecule has 5 nitrogen and oxygen atoms in total. The molecule has 0 spiro atoms. The van der Waals surface area contributed by atoms with Crippen LogP contribution in [0.15, 0.2) is 53.5 Å². The van der Waals surface area contributed by atoms with Gasteiger partial charge in [0.1, 0.15) is 5.82 Å². The van der Waals surface area contributed by atoms with Crippen molar-refractivity contribution in [2.24, 2.45) is 4.99 Å². The summed E-state index contributed by atoms with van der Waals surface area (Å²) >= 11 is 0. The minimum atomic E-state index is -0.199. The lowest BCUT2D eigenvalue weighted by molar-refractivity contribution is 0.122. The Morgan fingerprint density at radius 2 is 1.87 bits per heavy atom. The maximum absolute atomic E-state index is 14.6. The summed E-state index contributed by atoms with van der Waals surface area (Å²) in [6, 6.07) is 15.8. The molecule has 1 heterocycles. The fourth-order valence-electron chi connectivity index (χ4n) is 3.37. The van der Waals surface area contributed by atoms with E-state index in [1.807, 2.05) is 30.0 Å². The fourth-order valence-corrected chi connectivity index (χ4v) is 3.37.